The Hall–Kier alpha value is -2.94. The smallest absolute Gasteiger partial charge is 0.255 e. The molecule has 3 aromatic rings. The molecule has 1 amide bonds. The molecule has 0 unspecified atom stereocenters. The Morgan fingerprint density at radius 2 is 1.84 bits per heavy atom. The highest BCUT2D eigenvalue weighted by molar-refractivity contribution is 7.95. The van der Waals surface area contributed by atoms with Crippen LogP contribution in [0.5, 0.6) is 0 Å². The summed E-state index contributed by atoms with van der Waals surface area (Å²) in [6.07, 6.45) is 2.60. The number of hydrogen-bond donors (Lipinski definition) is 2. The second-order valence-corrected chi connectivity index (χ2v) is 10.2. The number of nitrogens with zero attached hydrogens (tertiary/aromatic N) is 1. The maximum atomic E-state index is 12.4. The summed E-state index contributed by atoms with van der Waals surface area (Å²) in [6, 6.07) is 17.8. The van der Waals surface area contributed by atoms with E-state index in [-0.39, 0.29) is 5.91 Å². The third kappa shape index (κ3) is 6.06. The summed E-state index contributed by atoms with van der Waals surface area (Å²) in [4.78, 5) is 16.2. The van der Waals surface area contributed by atoms with Crippen LogP contribution in [0.4, 0.5) is 5.69 Å². The minimum atomic E-state index is -3.65. The van der Waals surface area contributed by atoms with E-state index in [9.17, 15) is 13.2 Å². The number of carbonyl (C=O) groups is 1. The van der Waals surface area contributed by atoms with Crippen molar-refractivity contribution in [3.8, 4) is 0 Å². The molecule has 0 saturated carbocycles. The van der Waals surface area contributed by atoms with E-state index in [0.29, 0.717) is 17.8 Å². The Kier molecular flexibility index (Phi) is 7.04. The molecule has 0 spiro atoms. The van der Waals surface area contributed by atoms with Crippen LogP contribution in [-0.2, 0) is 23.0 Å². The first-order chi connectivity index (χ1) is 15.5. The van der Waals surface area contributed by atoms with Crippen LogP contribution in [0, 0.1) is 0 Å². The van der Waals surface area contributed by atoms with Gasteiger partial charge in [0, 0.05) is 42.3 Å². The zero-order chi connectivity index (χ0) is 22.4. The third-order valence-electron chi connectivity index (χ3n) is 5.25. The molecule has 2 heterocycles. The molecule has 0 aliphatic carbocycles. The van der Waals surface area contributed by atoms with Gasteiger partial charge in [-0.2, -0.15) is 0 Å². The lowest BCUT2D eigenvalue weighted by Crippen LogP contribution is -2.37. The summed E-state index contributed by atoms with van der Waals surface area (Å²) in [5, 5.41) is 6.21. The molecule has 2 N–H and O–H groups in total. The molecule has 0 saturated heterocycles. The van der Waals surface area contributed by atoms with Gasteiger partial charge in [0.15, 0.2) is 0 Å². The zero-order valence-electron chi connectivity index (χ0n) is 17.5. The molecule has 1 aromatic heterocycles. The van der Waals surface area contributed by atoms with E-state index in [1.165, 1.54) is 16.5 Å². The number of benzene rings is 2. The van der Waals surface area contributed by atoms with E-state index in [4.69, 9.17) is 0 Å². The Bertz CT molecular complexity index is 1190. The van der Waals surface area contributed by atoms with Crippen LogP contribution in [0.1, 0.15) is 26.4 Å². The summed E-state index contributed by atoms with van der Waals surface area (Å²) in [6.45, 7) is 3.31. The fourth-order valence-corrected chi connectivity index (χ4v) is 5.31. The zero-order valence-corrected chi connectivity index (χ0v) is 19.2. The maximum Gasteiger partial charge on any atom is 0.255 e. The van der Waals surface area contributed by atoms with Gasteiger partial charge in [-0.1, -0.05) is 30.3 Å². The first-order valence-corrected chi connectivity index (χ1v) is 12.8. The van der Waals surface area contributed by atoms with Crippen molar-refractivity contribution in [1.82, 2.24) is 10.2 Å². The molecular weight excluding hydrogens is 442 g/mol. The van der Waals surface area contributed by atoms with Crippen molar-refractivity contribution in [2.24, 2.45) is 0 Å². The minimum absolute atomic E-state index is 0.170. The topological polar surface area (TPSA) is 78.5 Å². The fraction of sp³-hybridized carbons (Fsp3) is 0.208. The average Bonchev–Trinajstić information content (AvgIpc) is 3.27. The second-order valence-electron chi connectivity index (χ2n) is 7.59. The van der Waals surface area contributed by atoms with Gasteiger partial charge in [-0.15, -0.1) is 11.3 Å². The van der Waals surface area contributed by atoms with Crippen molar-refractivity contribution in [3.05, 3.63) is 93.0 Å². The van der Waals surface area contributed by atoms with Gasteiger partial charge >= 0.3 is 0 Å². The average molecular weight is 468 g/mol. The second kappa shape index (κ2) is 10.1. The molecule has 32 heavy (non-hydrogen) atoms. The number of anilines is 1. The highest BCUT2D eigenvalue weighted by Gasteiger charge is 2.17. The number of sulfonamides is 1. The van der Waals surface area contributed by atoms with Crippen LogP contribution < -0.4 is 10.0 Å². The lowest BCUT2D eigenvalue weighted by atomic mass is 10.1. The summed E-state index contributed by atoms with van der Waals surface area (Å²) < 4.78 is 27.0. The van der Waals surface area contributed by atoms with Crippen molar-refractivity contribution in [2.45, 2.75) is 13.0 Å². The van der Waals surface area contributed by atoms with E-state index in [1.807, 2.05) is 41.7 Å². The van der Waals surface area contributed by atoms with Crippen LogP contribution in [0.3, 0.4) is 0 Å². The molecule has 8 heteroatoms. The van der Waals surface area contributed by atoms with Crippen molar-refractivity contribution >= 4 is 39.0 Å². The maximum absolute atomic E-state index is 12.4. The van der Waals surface area contributed by atoms with E-state index in [0.717, 1.165) is 37.0 Å². The quantitative estimate of drug-likeness (QED) is 0.526. The molecular formula is C24H25N3O3S2. The summed E-state index contributed by atoms with van der Waals surface area (Å²) >= 11 is 1.82. The minimum Gasteiger partial charge on any atom is -0.351 e. The lowest BCUT2D eigenvalue weighted by molar-refractivity contribution is 0.0947. The standard InChI is InChI=1S/C24H25N3O3S2/c28-24(25-13-15-27-14-10-23-21(18-27)11-16-31-23)20-6-8-22(9-7-20)26-32(29,30)17-12-19-4-2-1-3-5-19/h1-9,11-12,16-17,26H,10,13-15,18H2,(H,25,28). The Morgan fingerprint density at radius 3 is 2.62 bits per heavy atom. The number of amides is 1. The van der Waals surface area contributed by atoms with Gasteiger partial charge < -0.3 is 5.32 Å². The van der Waals surface area contributed by atoms with Gasteiger partial charge in [-0.25, -0.2) is 8.42 Å². The molecule has 6 nitrogen and oxygen atoms in total. The number of rotatable bonds is 8. The number of hydrogen-bond acceptors (Lipinski definition) is 5. The monoisotopic (exact) mass is 467 g/mol. The Balaban J connectivity index is 1.25. The van der Waals surface area contributed by atoms with Crippen LogP contribution in [0.2, 0.25) is 0 Å². The molecule has 0 bridgehead atoms. The van der Waals surface area contributed by atoms with Crippen molar-refractivity contribution in [1.29, 1.82) is 0 Å². The van der Waals surface area contributed by atoms with Crippen LogP contribution in [-0.4, -0.2) is 38.9 Å². The van der Waals surface area contributed by atoms with Gasteiger partial charge in [0.05, 0.1) is 5.41 Å². The van der Waals surface area contributed by atoms with Gasteiger partial charge in [-0.05, 0) is 59.3 Å². The normalized spacial score (nSPS) is 14.2. The van der Waals surface area contributed by atoms with Gasteiger partial charge in [0.25, 0.3) is 15.9 Å². The summed E-state index contributed by atoms with van der Waals surface area (Å²) in [7, 11) is -3.65. The summed E-state index contributed by atoms with van der Waals surface area (Å²) in [5.41, 5.74) is 3.08. The molecule has 0 atom stereocenters. The Morgan fingerprint density at radius 1 is 1.06 bits per heavy atom. The van der Waals surface area contributed by atoms with E-state index >= 15 is 0 Å². The number of nitrogens with one attached hydrogen (secondary N) is 2. The molecule has 166 valence electrons. The first-order valence-electron chi connectivity index (χ1n) is 10.4. The van der Waals surface area contributed by atoms with Gasteiger partial charge in [0.2, 0.25) is 0 Å². The van der Waals surface area contributed by atoms with Crippen LogP contribution in [0.15, 0.2) is 71.5 Å². The molecule has 0 radical (unpaired) electrons. The van der Waals surface area contributed by atoms with Crippen LogP contribution in [0.25, 0.3) is 6.08 Å². The van der Waals surface area contributed by atoms with Crippen molar-refractivity contribution in [3.63, 3.8) is 0 Å². The number of fused-ring (bicyclic) bond motifs is 1. The van der Waals surface area contributed by atoms with Crippen molar-refractivity contribution < 1.29 is 13.2 Å². The highest BCUT2D eigenvalue weighted by Crippen LogP contribution is 2.23. The first kappa shape index (κ1) is 22.3. The largest absolute Gasteiger partial charge is 0.351 e. The predicted octanol–water partition coefficient (Wildman–Crippen LogP) is 3.95. The lowest BCUT2D eigenvalue weighted by Gasteiger charge is -2.26. The number of thiophene rings is 1. The SMILES string of the molecule is O=C(NCCN1CCc2sccc2C1)c1ccc(NS(=O)(=O)C=Cc2ccccc2)cc1. The molecule has 0 fully saturated rings. The summed E-state index contributed by atoms with van der Waals surface area (Å²) in [5.74, 6) is -0.170. The van der Waals surface area contributed by atoms with Gasteiger partial charge in [-0.3, -0.25) is 14.4 Å². The van der Waals surface area contributed by atoms with E-state index in [1.54, 1.807) is 24.3 Å². The van der Waals surface area contributed by atoms with Crippen molar-refractivity contribution in [2.75, 3.05) is 24.4 Å². The molecule has 4 rings (SSSR count). The highest BCUT2D eigenvalue weighted by atomic mass is 32.2. The Labute approximate surface area is 192 Å². The van der Waals surface area contributed by atoms with Gasteiger partial charge in [0.1, 0.15) is 0 Å². The molecule has 2 aromatic carbocycles. The van der Waals surface area contributed by atoms with E-state index in [2.05, 4.69) is 26.4 Å². The third-order valence-corrected chi connectivity index (χ3v) is 7.28. The van der Waals surface area contributed by atoms with E-state index < -0.39 is 10.0 Å². The fourth-order valence-electron chi connectivity index (χ4n) is 3.55. The molecule has 1 aliphatic heterocycles. The predicted molar refractivity (Wildman–Crippen MR) is 130 cm³/mol. The number of carbonyl (C=O) groups excluding carboxylic acids is 1. The van der Waals surface area contributed by atoms with Crippen LogP contribution >= 0.6 is 11.3 Å². The molecule has 1 aliphatic rings.